The highest BCUT2D eigenvalue weighted by Gasteiger charge is 2.30. The Bertz CT molecular complexity index is 1240. The Hall–Kier alpha value is -3.11. The van der Waals surface area contributed by atoms with Gasteiger partial charge in [0.05, 0.1) is 5.56 Å². The van der Waals surface area contributed by atoms with E-state index >= 15 is 0 Å². The van der Waals surface area contributed by atoms with Gasteiger partial charge in [0.2, 0.25) is 0 Å². The number of fused-ring (bicyclic) bond motifs is 6. The van der Waals surface area contributed by atoms with Gasteiger partial charge in [0.1, 0.15) is 23.8 Å². The van der Waals surface area contributed by atoms with E-state index in [0.29, 0.717) is 24.6 Å². The molecule has 1 aromatic heterocycles. The standard InChI is InChI=1S/C25H23NO3/c1-15(18-9-5-4-6-10-18)26-13-21-23-22(16(2)27)17(3)29-25(23)20-12-8-7-11-19(20)24(21)28-14-26/h4-12,15H,13-14H2,1-3H3. The summed E-state index contributed by atoms with van der Waals surface area (Å²) in [6.45, 7) is 6.87. The molecule has 0 saturated heterocycles. The van der Waals surface area contributed by atoms with Crippen LogP contribution >= 0.6 is 0 Å². The fourth-order valence-electron chi connectivity index (χ4n) is 4.50. The second-order valence-corrected chi connectivity index (χ2v) is 7.75. The number of hydrogen-bond acceptors (Lipinski definition) is 4. The van der Waals surface area contributed by atoms with Gasteiger partial charge in [0, 0.05) is 34.3 Å². The molecule has 1 unspecified atom stereocenters. The Labute approximate surface area is 169 Å². The summed E-state index contributed by atoms with van der Waals surface area (Å²) in [5.41, 5.74) is 3.72. The third-order valence-corrected chi connectivity index (χ3v) is 5.99. The van der Waals surface area contributed by atoms with Gasteiger partial charge in [-0.3, -0.25) is 9.69 Å². The smallest absolute Gasteiger partial charge is 0.163 e. The van der Waals surface area contributed by atoms with E-state index in [1.807, 2.05) is 31.2 Å². The van der Waals surface area contributed by atoms with E-state index in [0.717, 1.165) is 33.1 Å². The largest absolute Gasteiger partial charge is 0.477 e. The molecule has 0 saturated carbocycles. The van der Waals surface area contributed by atoms with Gasteiger partial charge in [-0.15, -0.1) is 0 Å². The van der Waals surface area contributed by atoms with Crippen LogP contribution in [-0.4, -0.2) is 17.4 Å². The monoisotopic (exact) mass is 385 g/mol. The lowest BCUT2D eigenvalue weighted by molar-refractivity contribution is 0.0640. The minimum absolute atomic E-state index is 0.0203. The summed E-state index contributed by atoms with van der Waals surface area (Å²) in [5, 5.41) is 2.92. The van der Waals surface area contributed by atoms with E-state index in [4.69, 9.17) is 9.15 Å². The van der Waals surface area contributed by atoms with Gasteiger partial charge in [-0.2, -0.15) is 0 Å². The van der Waals surface area contributed by atoms with Crippen molar-refractivity contribution < 1.29 is 13.9 Å². The molecule has 4 heteroatoms. The summed E-state index contributed by atoms with van der Waals surface area (Å²) in [6.07, 6.45) is 0. The first-order valence-corrected chi connectivity index (χ1v) is 9.95. The lowest BCUT2D eigenvalue weighted by Gasteiger charge is -2.34. The predicted molar refractivity (Wildman–Crippen MR) is 114 cm³/mol. The summed E-state index contributed by atoms with van der Waals surface area (Å²) < 4.78 is 12.4. The lowest BCUT2D eigenvalue weighted by atomic mass is 9.95. The molecule has 29 heavy (non-hydrogen) atoms. The van der Waals surface area contributed by atoms with Gasteiger partial charge in [-0.25, -0.2) is 0 Å². The van der Waals surface area contributed by atoms with E-state index < -0.39 is 0 Å². The molecule has 0 fully saturated rings. The van der Waals surface area contributed by atoms with Crippen molar-refractivity contribution >= 4 is 27.5 Å². The number of ketones is 1. The molecule has 1 aliphatic rings. The Morgan fingerprint density at radius 1 is 1.03 bits per heavy atom. The molecule has 1 atom stereocenters. The Kier molecular flexibility index (Phi) is 4.18. The van der Waals surface area contributed by atoms with Crippen molar-refractivity contribution in [1.82, 2.24) is 4.90 Å². The number of hydrogen-bond donors (Lipinski definition) is 0. The molecule has 0 bridgehead atoms. The van der Waals surface area contributed by atoms with Crippen LogP contribution in [0.5, 0.6) is 5.75 Å². The van der Waals surface area contributed by atoms with E-state index in [-0.39, 0.29) is 11.8 Å². The lowest BCUT2D eigenvalue weighted by Crippen LogP contribution is -2.34. The van der Waals surface area contributed by atoms with Crippen molar-refractivity contribution in [2.75, 3.05) is 6.73 Å². The van der Waals surface area contributed by atoms with Crippen molar-refractivity contribution in [3.05, 3.63) is 77.0 Å². The zero-order valence-corrected chi connectivity index (χ0v) is 16.9. The predicted octanol–water partition coefficient (Wildman–Crippen LogP) is 6.01. The van der Waals surface area contributed by atoms with E-state index in [2.05, 4.69) is 42.2 Å². The molecule has 5 rings (SSSR count). The normalized spacial score (nSPS) is 15.3. The SMILES string of the molecule is CC(=O)c1c(C)oc2c1c1c(c3ccccc32)OCN(C(C)c2ccccc2)C1. The second kappa shape index (κ2) is 6.75. The number of rotatable bonds is 3. The molecule has 146 valence electrons. The molecule has 0 N–H and O–H groups in total. The highest BCUT2D eigenvalue weighted by Crippen LogP contribution is 2.45. The van der Waals surface area contributed by atoms with Crippen molar-refractivity contribution in [3.8, 4) is 5.75 Å². The number of carbonyl (C=O) groups is 1. The third-order valence-electron chi connectivity index (χ3n) is 5.99. The molecule has 0 amide bonds. The zero-order chi connectivity index (χ0) is 20.1. The zero-order valence-electron chi connectivity index (χ0n) is 16.9. The highest BCUT2D eigenvalue weighted by atomic mass is 16.5. The molecular weight excluding hydrogens is 362 g/mol. The fourth-order valence-corrected chi connectivity index (χ4v) is 4.50. The molecule has 0 radical (unpaired) electrons. The van der Waals surface area contributed by atoms with E-state index in [1.54, 1.807) is 6.92 Å². The minimum atomic E-state index is 0.0203. The molecule has 0 aliphatic carbocycles. The molecule has 4 nitrogen and oxygen atoms in total. The van der Waals surface area contributed by atoms with Gasteiger partial charge in [-0.05, 0) is 26.3 Å². The van der Waals surface area contributed by atoms with Gasteiger partial charge >= 0.3 is 0 Å². The number of nitrogens with zero attached hydrogens (tertiary/aromatic N) is 1. The maximum atomic E-state index is 12.5. The van der Waals surface area contributed by atoms with Crippen LogP contribution in [0.4, 0.5) is 0 Å². The van der Waals surface area contributed by atoms with Crippen LogP contribution in [0, 0.1) is 6.92 Å². The van der Waals surface area contributed by atoms with Crippen molar-refractivity contribution in [1.29, 1.82) is 0 Å². The first kappa shape index (κ1) is 18.0. The van der Waals surface area contributed by atoms with Gasteiger partial charge < -0.3 is 9.15 Å². The molecule has 2 heterocycles. The summed E-state index contributed by atoms with van der Waals surface area (Å²) in [4.78, 5) is 14.8. The summed E-state index contributed by atoms with van der Waals surface area (Å²) in [7, 11) is 0. The molecule has 4 aromatic rings. The van der Waals surface area contributed by atoms with Crippen molar-refractivity contribution in [2.24, 2.45) is 0 Å². The quantitative estimate of drug-likeness (QED) is 0.405. The van der Waals surface area contributed by atoms with Crippen molar-refractivity contribution in [3.63, 3.8) is 0 Å². The number of Topliss-reactive ketones (excluding diaryl/α,β-unsaturated/α-hetero) is 1. The average Bonchev–Trinajstić information content (AvgIpc) is 3.11. The molecule has 1 aliphatic heterocycles. The van der Waals surface area contributed by atoms with Crippen LogP contribution in [0.25, 0.3) is 21.7 Å². The fraction of sp³-hybridized carbons (Fsp3) is 0.240. The summed E-state index contributed by atoms with van der Waals surface area (Å²) in [6, 6.07) is 18.7. The molecule has 3 aromatic carbocycles. The topological polar surface area (TPSA) is 42.7 Å². The van der Waals surface area contributed by atoms with Gasteiger partial charge in [-0.1, -0.05) is 54.6 Å². The van der Waals surface area contributed by atoms with Gasteiger partial charge in [0.15, 0.2) is 5.78 Å². The summed E-state index contributed by atoms with van der Waals surface area (Å²) in [5.74, 6) is 1.55. The van der Waals surface area contributed by atoms with Crippen LogP contribution in [0.3, 0.4) is 0 Å². The minimum Gasteiger partial charge on any atom is -0.477 e. The first-order valence-electron chi connectivity index (χ1n) is 9.95. The summed E-state index contributed by atoms with van der Waals surface area (Å²) >= 11 is 0. The number of carbonyl (C=O) groups excluding carboxylic acids is 1. The Morgan fingerprint density at radius 3 is 2.45 bits per heavy atom. The number of aryl methyl sites for hydroxylation is 1. The maximum absolute atomic E-state index is 12.5. The Balaban J connectivity index is 1.73. The van der Waals surface area contributed by atoms with Crippen LogP contribution < -0.4 is 4.74 Å². The van der Waals surface area contributed by atoms with Crippen LogP contribution in [0.15, 0.2) is 59.0 Å². The van der Waals surface area contributed by atoms with Crippen molar-refractivity contribution in [2.45, 2.75) is 33.4 Å². The maximum Gasteiger partial charge on any atom is 0.163 e. The van der Waals surface area contributed by atoms with Crippen LogP contribution in [0.1, 0.15) is 47.1 Å². The highest BCUT2D eigenvalue weighted by molar-refractivity contribution is 6.17. The molecular formula is C25H23NO3. The third kappa shape index (κ3) is 2.75. The number of furan rings is 1. The Morgan fingerprint density at radius 2 is 1.72 bits per heavy atom. The number of benzene rings is 3. The van der Waals surface area contributed by atoms with E-state index in [1.165, 1.54) is 5.56 Å². The van der Waals surface area contributed by atoms with E-state index in [9.17, 15) is 4.79 Å². The average molecular weight is 385 g/mol. The van der Waals surface area contributed by atoms with Crippen LogP contribution in [-0.2, 0) is 6.54 Å². The van der Waals surface area contributed by atoms with Gasteiger partial charge in [0.25, 0.3) is 0 Å². The number of ether oxygens (including phenoxy) is 1. The molecule has 0 spiro atoms. The first-order chi connectivity index (χ1) is 14.1. The second-order valence-electron chi connectivity index (χ2n) is 7.75. The van der Waals surface area contributed by atoms with Crippen LogP contribution in [0.2, 0.25) is 0 Å².